The SMILES string of the molecule is O=C(NC1CCN(c2cnccn2)CC1)[C@@H]1CCOC1. The van der Waals surface area contributed by atoms with E-state index in [2.05, 4.69) is 20.2 Å². The second-order valence-electron chi connectivity index (χ2n) is 5.39. The quantitative estimate of drug-likeness (QED) is 0.875. The van der Waals surface area contributed by atoms with Crippen molar-refractivity contribution < 1.29 is 9.53 Å². The van der Waals surface area contributed by atoms with E-state index in [-0.39, 0.29) is 17.9 Å². The molecule has 0 radical (unpaired) electrons. The van der Waals surface area contributed by atoms with E-state index in [0.717, 1.165) is 38.2 Å². The minimum absolute atomic E-state index is 0.0491. The lowest BCUT2D eigenvalue weighted by molar-refractivity contribution is -0.125. The molecule has 0 spiro atoms. The van der Waals surface area contributed by atoms with Crippen LogP contribution in [0.1, 0.15) is 19.3 Å². The van der Waals surface area contributed by atoms with E-state index in [1.807, 2.05) is 0 Å². The Hall–Kier alpha value is -1.69. The van der Waals surface area contributed by atoms with Crippen molar-refractivity contribution in [2.75, 3.05) is 31.2 Å². The second kappa shape index (κ2) is 6.17. The summed E-state index contributed by atoms with van der Waals surface area (Å²) in [5.41, 5.74) is 0. The van der Waals surface area contributed by atoms with Gasteiger partial charge in [0.05, 0.1) is 18.7 Å². The van der Waals surface area contributed by atoms with Gasteiger partial charge in [-0.2, -0.15) is 0 Å². The average Bonchev–Trinajstić information content (AvgIpc) is 3.03. The van der Waals surface area contributed by atoms with Crippen LogP contribution in [0.5, 0.6) is 0 Å². The topological polar surface area (TPSA) is 67.4 Å². The summed E-state index contributed by atoms with van der Waals surface area (Å²) in [4.78, 5) is 22.7. The van der Waals surface area contributed by atoms with Crippen molar-refractivity contribution in [3.8, 4) is 0 Å². The van der Waals surface area contributed by atoms with Gasteiger partial charge in [0.2, 0.25) is 5.91 Å². The van der Waals surface area contributed by atoms with Crippen LogP contribution in [0.3, 0.4) is 0 Å². The number of anilines is 1. The lowest BCUT2D eigenvalue weighted by Crippen LogP contribution is -2.46. The average molecular weight is 276 g/mol. The van der Waals surface area contributed by atoms with Gasteiger partial charge in [-0.25, -0.2) is 4.98 Å². The number of amides is 1. The summed E-state index contributed by atoms with van der Waals surface area (Å²) in [6.07, 6.45) is 7.94. The molecule has 0 unspecified atom stereocenters. The molecule has 1 atom stereocenters. The van der Waals surface area contributed by atoms with Crippen molar-refractivity contribution in [2.45, 2.75) is 25.3 Å². The zero-order valence-electron chi connectivity index (χ0n) is 11.5. The Labute approximate surface area is 118 Å². The molecule has 0 saturated carbocycles. The number of piperidine rings is 1. The van der Waals surface area contributed by atoms with Gasteiger partial charge < -0.3 is 15.0 Å². The van der Waals surface area contributed by atoms with Crippen LogP contribution in [0.15, 0.2) is 18.6 Å². The number of rotatable bonds is 3. The van der Waals surface area contributed by atoms with Crippen LogP contribution in [-0.4, -0.2) is 48.2 Å². The molecule has 2 saturated heterocycles. The zero-order valence-corrected chi connectivity index (χ0v) is 11.5. The molecule has 0 aliphatic carbocycles. The standard InChI is InChI=1S/C14H20N4O2/c19-14(11-3-8-20-10-11)17-12-1-6-18(7-2-12)13-9-15-4-5-16-13/h4-5,9,11-12H,1-3,6-8,10H2,(H,17,19)/t11-/m1/s1. The first kappa shape index (κ1) is 13.3. The van der Waals surface area contributed by atoms with Gasteiger partial charge in [0, 0.05) is 38.1 Å². The van der Waals surface area contributed by atoms with Crippen molar-refractivity contribution in [2.24, 2.45) is 5.92 Å². The van der Waals surface area contributed by atoms with E-state index >= 15 is 0 Å². The smallest absolute Gasteiger partial charge is 0.225 e. The summed E-state index contributed by atoms with van der Waals surface area (Å²) >= 11 is 0. The van der Waals surface area contributed by atoms with Crippen LogP contribution in [0.25, 0.3) is 0 Å². The minimum Gasteiger partial charge on any atom is -0.381 e. The molecule has 20 heavy (non-hydrogen) atoms. The predicted octanol–water partition coefficient (Wildman–Crippen LogP) is 0.598. The Kier molecular flexibility index (Phi) is 4.11. The largest absolute Gasteiger partial charge is 0.381 e. The van der Waals surface area contributed by atoms with Crippen molar-refractivity contribution in [3.63, 3.8) is 0 Å². The molecule has 0 aromatic carbocycles. The van der Waals surface area contributed by atoms with E-state index in [1.54, 1.807) is 18.6 Å². The summed E-state index contributed by atoms with van der Waals surface area (Å²) in [6, 6.07) is 0.274. The first-order valence-electron chi connectivity index (χ1n) is 7.22. The highest BCUT2D eigenvalue weighted by Gasteiger charge is 2.27. The normalized spacial score (nSPS) is 23.8. The van der Waals surface area contributed by atoms with E-state index < -0.39 is 0 Å². The number of hydrogen-bond donors (Lipinski definition) is 1. The molecule has 1 aromatic rings. The molecular weight excluding hydrogens is 256 g/mol. The lowest BCUT2D eigenvalue weighted by Gasteiger charge is -2.33. The third kappa shape index (κ3) is 3.07. The fourth-order valence-electron chi connectivity index (χ4n) is 2.77. The number of ether oxygens (including phenoxy) is 1. The molecule has 3 rings (SSSR count). The molecule has 3 heterocycles. The van der Waals surface area contributed by atoms with Crippen LogP contribution >= 0.6 is 0 Å². The molecule has 2 fully saturated rings. The van der Waals surface area contributed by atoms with Crippen molar-refractivity contribution in [1.82, 2.24) is 15.3 Å². The van der Waals surface area contributed by atoms with Crippen LogP contribution in [0.4, 0.5) is 5.82 Å². The Morgan fingerprint density at radius 2 is 2.15 bits per heavy atom. The fourth-order valence-corrected chi connectivity index (χ4v) is 2.77. The minimum atomic E-state index is 0.0491. The van der Waals surface area contributed by atoms with Crippen molar-refractivity contribution in [1.29, 1.82) is 0 Å². The van der Waals surface area contributed by atoms with Gasteiger partial charge in [-0.05, 0) is 19.3 Å². The summed E-state index contributed by atoms with van der Waals surface area (Å²) in [6.45, 7) is 3.10. The Morgan fingerprint density at radius 1 is 1.30 bits per heavy atom. The van der Waals surface area contributed by atoms with E-state index in [0.29, 0.717) is 13.2 Å². The third-order valence-electron chi connectivity index (χ3n) is 4.02. The Morgan fingerprint density at radius 3 is 2.80 bits per heavy atom. The van der Waals surface area contributed by atoms with Crippen molar-refractivity contribution >= 4 is 11.7 Å². The summed E-state index contributed by atoms with van der Waals surface area (Å²) in [5, 5.41) is 3.15. The predicted molar refractivity (Wildman–Crippen MR) is 74.3 cm³/mol. The fraction of sp³-hybridized carbons (Fsp3) is 0.643. The van der Waals surface area contributed by atoms with Crippen molar-refractivity contribution in [3.05, 3.63) is 18.6 Å². The highest BCUT2D eigenvalue weighted by atomic mass is 16.5. The maximum absolute atomic E-state index is 12.0. The first-order valence-corrected chi connectivity index (χ1v) is 7.22. The molecular formula is C14H20N4O2. The second-order valence-corrected chi connectivity index (χ2v) is 5.39. The van der Waals surface area contributed by atoms with E-state index in [1.165, 1.54) is 0 Å². The molecule has 1 amide bonds. The maximum Gasteiger partial charge on any atom is 0.225 e. The number of aromatic nitrogens is 2. The summed E-state index contributed by atoms with van der Waals surface area (Å²) in [7, 11) is 0. The van der Waals surface area contributed by atoms with Crippen LogP contribution in [0.2, 0.25) is 0 Å². The molecule has 2 aliphatic heterocycles. The Balaban J connectivity index is 1.47. The van der Waals surface area contributed by atoms with E-state index in [4.69, 9.17) is 4.74 Å². The third-order valence-corrected chi connectivity index (χ3v) is 4.02. The van der Waals surface area contributed by atoms with Gasteiger partial charge in [-0.15, -0.1) is 0 Å². The summed E-state index contributed by atoms with van der Waals surface area (Å²) < 4.78 is 5.26. The van der Waals surface area contributed by atoms with Gasteiger partial charge in [0.25, 0.3) is 0 Å². The van der Waals surface area contributed by atoms with Gasteiger partial charge in [-0.3, -0.25) is 9.78 Å². The molecule has 6 heteroatoms. The molecule has 2 aliphatic rings. The highest BCUT2D eigenvalue weighted by molar-refractivity contribution is 5.79. The van der Waals surface area contributed by atoms with E-state index in [9.17, 15) is 4.79 Å². The molecule has 6 nitrogen and oxygen atoms in total. The van der Waals surface area contributed by atoms with Crippen LogP contribution < -0.4 is 10.2 Å². The number of nitrogens with one attached hydrogen (secondary N) is 1. The lowest BCUT2D eigenvalue weighted by atomic mass is 10.0. The molecule has 1 N–H and O–H groups in total. The van der Waals surface area contributed by atoms with Crippen LogP contribution in [0, 0.1) is 5.92 Å². The monoisotopic (exact) mass is 276 g/mol. The Bertz CT molecular complexity index is 440. The van der Waals surface area contributed by atoms with Gasteiger partial charge >= 0.3 is 0 Å². The van der Waals surface area contributed by atoms with Crippen LogP contribution in [-0.2, 0) is 9.53 Å². The molecule has 108 valence electrons. The van der Waals surface area contributed by atoms with Gasteiger partial charge in [0.15, 0.2) is 0 Å². The maximum atomic E-state index is 12.0. The highest BCUT2D eigenvalue weighted by Crippen LogP contribution is 2.18. The number of nitrogens with zero attached hydrogens (tertiary/aromatic N) is 3. The molecule has 1 aromatic heterocycles. The number of hydrogen-bond acceptors (Lipinski definition) is 5. The summed E-state index contributed by atoms with van der Waals surface area (Å²) in [5.74, 6) is 1.12. The van der Waals surface area contributed by atoms with Gasteiger partial charge in [-0.1, -0.05) is 0 Å². The zero-order chi connectivity index (χ0) is 13.8. The number of carbonyl (C=O) groups is 1. The number of carbonyl (C=O) groups excluding carboxylic acids is 1. The molecule has 0 bridgehead atoms. The first-order chi connectivity index (χ1) is 9.83. The van der Waals surface area contributed by atoms with Gasteiger partial charge in [0.1, 0.15) is 5.82 Å².